The number of unbranched alkanes of at least 4 members (excludes halogenated alkanes) is 8. The van der Waals surface area contributed by atoms with Gasteiger partial charge in [0.25, 0.3) is 0 Å². The highest BCUT2D eigenvalue weighted by Crippen LogP contribution is 2.34. The first-order chi connectivity index (χ1) is 20.7. The van der Waals surface area contributed by atoms with Crippen LogP contribution in [0.25, 0.3) is 22.3 Å². The number of carbonyl (C=O) groups excluding carboxylic acids is 1. The lowest BCUT2D eigenvalue weighted by molar-refractivity contribution is 0.0600. The number of hydrogen-bond donors (Lipinski definition) is 2. The van der Waals surface area contributed by atoms with Crippen LogP contribution < -0.4 is 5.32 Å². The van der Waals surface area contributed by atoms with Gasteiger partial charge in [-0.05, 0) is 46.1 Å². The summed E-state index contributed by atoms with van der Waals surface area (Å²) >= 11 is 0. The highest BCUT2D eigenvalue weighted by Gasteiger charge is 2.35. The first-order valence-corrected chi connectivity index (χ1v) is 15.7. The summed E-state index contributed by atoms with van der Waals surface area (Å²) in [6, 6.07) is 7.79. The summed E-state index contributed by atoms with van der Waals surface area (Å²) in [4.78, 5) is 34.3. The van der Waals surface area contributed by atoms with Crippen LogP contribution in [0.3, 0.4) is 0 Å². The molecule has 4 rings (SSSR count). The van der Waals surface area contributed by atoms with E-state index in [2.05, 4.69) is 45.3 Å². The third kappa shape index (κ3) is 9.05. The summed E-state index contributed by atoms with van der Waals surface area (Å²) in [7, 11) is 0. The van der Waals surface area contributed by atoms with Crippen molar-refractivity contribution in [1.29, 1.82) is 0 Å². The predicted molar refractivity (Wildman–Crippen MR) is 166 cm³/mol. The van der Waals surface area contributed by atoms with Crippen LogP contribution in [0.1, 0.15) is 110 Å². The van der Waals surface area contributed by atoms with E-state index in [0.29, 0.717) is 24.7 Å². The summed E-state index contributed by atoms with van der Waals surface area (Å²) in [5.74, 6) is 0.689. The second-order valence-electron chi connectivity index (χ2n) is 12.2. The highest BCUT2D eigenvalue weighted by molar-refractivity contribution is 5.98. The maximum atomic E-state index is 12.4. The van der Waals surface area contributed by atoms with Crippen molar-refractivity contribution in [2.24, 2.45) is 4.99 Å². The normalized spacial score (nSPS) is 15.8. The molecule has 1 aliphatic rings. The molecule has 0 bridgehead atoms. The predicted octanol–water partition coefficient (Wildman–Crippen LogP) is 7.92. The zero-order valence-corrected chi connectivity index (χ0v) is 26.0. The Hall–Kier alpha value is -3.89. The molecule has 0 saturated carbocycles. The number of likely N-dealkylation sites (tertiary alicyclic amines) is 1. The number of hydrogen-bond acceptors (Lipinski definition) is 6. The lowest BCUT2D eigenvalue weighted by atomic mass is 10.1. The number of para-hydroxylation sites is 1. The molecule has 3 heterocycles. The Bertz CT molecular complexity index is 1390. The molecule has 1 aliphatic heterocycles. The van der Waals surface area contributed by atoms with E-state index in [1.54, 1.807) is 25.7 Å². The molecule has 3 aromatic rings. The van der Waals surface area contributed by atoms with E-state index in [0.717, 1.165) is 35.9 Å². The zero-order chi connectivity index (χ0) is 30.8. The van der Waals surface area contributed by atoms with E-state index in [1.165, 1.54) is 51.4 Å². The largest absolute Gasteiger partial charge is 0.465 e. The van der Waals surface area contributed by atoms with Crippen LogP contribution in [0, 0.1) is 0 Å². The molecule has 0 aliphatic carbocycles. The van der Waals surface area contributed by atoms with Crippen molar-refractivity contribution >= 4 is 29.0 Å². The number of amides is 2. The number of benzene rings is 1. The van der Waals surface area contributed by atoms with Crippen molar-refractivity contribution in [2.45, 2.75) is 117 Å². The summed E-state index contributed by atoms with van der Waals surface area (Å²) in [5, 5.41) is 17.0. The van der Waals surface area contributed by atoms with Crippen LogP contribution in [0.4, 0.5) is 9.59 Å². The fourth-order valence-electron chi connectivity index (χ4n) is 5.59. The molecular formula is C32H46N6O5. The molecule has 11 heteroatoms. The van der Waals surface area contributed by atoms with Crippen LogP contribution in [-0.4, -0.2) is 55.0 Å². The van der Waals surface area contributed by atoms with Crippen LogP contribution in [0.15, 0.2) is 40.0 Å². The number of nitrogens with zero attached hydrogens (tertiary/aromatic N) is 5. The van der Waals surface area contributed by atoms with E-state index < -0.39 is 23.8 Å². The Morgan fingerprint density at radius 3 is 2.49 bits per heavy atom. The Labute approximate surface area is 253 Å². The summed E-state index contributed by atoms with van der Waals surface area (Å²) in [6.45, 7) is 8.79. The lowest BCUT2D eigenvalue weighted by Crippen LogP contribution is -2.44. The van der Waals surface area contributed by atoms with E-state index in [4.69, 9.17) is 14.2 Å². The Kier molecular flexibility index (Phi) is 11.2. The SMILES string of the molecule is CCCCCCCCCCCn1cc(-c2noc(C3CCCN3C(=NC(=O)OC(C)(C)C)NC(=O)O)n2)c2ccccc21. The highest BCUT2D eigenvalue weighted by atomic mass is 16.6. The van der Waals surface area contributed by atoms with Gasteiger partial charge in [0.2, 0.25) is 17.7 Å². The topological polar surface area (TPSA) is 135 Å². The average molecular weight is 595 g/mol. The summed E-state index contributed by atoms with van der Waals surface area (Å²) < 4.78 is 13.3. The fraction of sp³-hybridized carbons (Fsp3) is 0.594. The Morgan fingerprint density at radius 2 is 1.79 bits per heavy atom. The molecule has 0 radical (unpaired) electrons. The number of nitrogens with one attached hydrogen (secondary N) is 1. The van der Waals surface area contributed by atoms with Crippen molar-refractivity contribution in [3.63, 3.8) is 0 Å². The smallest absolute Gasteiger partial charge is 0.437 e. The number of rotatable bonds is 12. The molecular weight excluding hydrogens is 548 g/mol. The minimum atomic E-state index is -1.33. The molecule has 2 N–H and O–H groups in total. The maximum absolute atomic E-state index is 12.4. The van der Waals surface area contributed by atoms with Crippen molar-refractivity contribution in [1.82, 2.24) is 24.9 Å². The van der Waals surface area contributed by atoms with Crippen LogP contribution in [-0.2, 0) is 11.3 Å². The minimum Gasteiger partial charge on any atom is -0.465 e. The molecule has 2 amide bonds. The van der Waals surface area contributed by atoms with Gasteiger partial charge in [0.1, 0.15) is 11.6 Å². The number of fused-ring (bicyclic) bond motifs is 1. The van der Waals surface area contributed by atoms with Gasteiger partial charge in [0.15, 0.2) is 0 Å². The third-order valence-electron chi connectivity index (χ3n) is 7.59. The van der Waals surface area contributed by atoms with Gasteiger partial charge in [-0.3, -0.25) is 5.32 Å². The molecule has 1 unspecified atom stereocenters. The summed E-state index contributed by atoms with van der Waals surface area (Å²) in [6.07, 6.45) is 12.8. The molecule has 43 heavy (non-hydrogen) atoms. The number of aromatic nitrogens is 3. The molecule has 1 fully saturated rings. The van der Waals surface area contributed by atoms with E-state index >= 15 is 0 Å². The monoisotopic (exact) mass is 594 g/mol. The van der Waals surface area contributed by atoms with E-state index in [1.807, 2.05) is 12.1 Å². The summed E-state index contributed by atoms with van der Waals surface area (Å²) in [5.41, 5.74) is 1.24. The Balaban J connectivity index is 1.47. The van der Waals surface area contributed by atoms with Crippen molar-refractivity contribution < 1.29 is 24.0 Å². The molecule has 2 aromatic heterocycles. The quantitative estimate of drug-likeness (QED) is 0.123. The number of guanidine groups is 1. The minimum absolute atomic E-state index is 0.124. The second-order valence-corrected chi connectivity index (χ2v) is 12.2. The second kappa shape index (κ2) is 15.0. The van der Waals surface area contributed by atoms with Crippen LogP contribution in [0.5, 0.6) is 0 Å². The van der Waals surface area contributed by atoms with Crippen LogP contribution >= 0.6 is 0 Å². The number of aliphatic imine (C=N–C) groups is 1. The molecule has 11 nitrogen and oxygen atoms in total. The van der Waals surface area contributed by atoms with Crippen molar-refractivity contribution in [2.75, 3.05) is 6.54 Å². The van der Waals surface area contributed by atoms with Gasteiger partial charge in [0.05, 0.1) is 0 Å². The van der Waals surface area contributed by atoms with Gasteiger partial charge in [-0.25, -0.2) is 9.59 Å². The molecule has 1 saturated heterocycles. The zero-order valence-electron chi connectivity index (χ0n) is 26.0. The van der Waals surface area contributed by atoms with Gasteiger partial charge in [-0.2, -0.15) is 4.98 Å². The van der Waals surface area contributed by atoms with Gasteiger partial charge in [-0.15, -0.1) is 4.99 Å². The lowest BCUT2D eigenvalue weighted by Gasteiger charge is -2.25. The fourth-order valence-corrected chi connectivity index (χ4v) is 5.59. The number of ether oxygens (including phenoxy) is 1. The molecule has 1 atom stereocenters. The molecule has 234 valence electrons. The number of carboxylic acid groups (broad SMARTS) is 1. The van der Waals surface area contributed by atoms with Gasteiger partial charge in [0, 0.05) is 35.8 Å². The molecule has 0 spiro atoms. The van der Waals surface area contributed by atoms with Gasteiger partial charge < -0.3 is 23.8 Å². The average Bonchev–Trinajstić information content (AvgIpc) is 3.69. The van der Waals surface area contributed by atoms with Gasteiger partial charge >= 0.3 is 12.2 Å². The van der Waals surface area contributed by atoms with Crippen LogP contribution in [0.2, 0.25) is 0 Å². The van der Waals surface area contributed by atoms with Crippen molar-refractivity contribution in [3.8, 4) is 11.4 Å². The first kappa shape index (κ1) is 32.0. The van der Waals surface area contributed by atoms with E-state index in [9.17, 15) is 14.7 Å². The van der Waals surface area contributed by atoms with Crippen molar-refractivity contribution in [3.05, 3.63) is 36.4 Å². The number of carbonyl (C=O) groups is 2. The van der Waals surface area contributed by atoms with E-state index in [-0.39, 0.29) is 5.96 Å². The number of aryl methyl sites for hydroxylation is 1. The standard InChI is InChI=1S/C32H46N6O5/c1-5-6-7-8-9-10-11-12-15-20-37-22-24(23-17-13-14-18-25(23)37)27-33-28(43-36-27)26-19-16-21-38(26)29(34-30(39)40)35-31(41)42-32(2,3)4/h13-14,17-18,22,26H,5-12,15-16,19-21H2,1-4H3,(H,39,40)(H,34,35,41). The Morgan fingerprint density at radius 1 is 1.09 bits per heavy atom. The van der Waals surface area contributed by atoms with Gasteiger partial charge in [-0.1, -0.05) is 81.6 Å². The molecule has 1 aromatic carbocycles. The third-order valence-corrected chi connectivity index (χ3v) is 7.59. The first-order valence-electron chi connectivity index (χ1n) is 15.7. The maximum Gasteiger partial charge on any atom is 0.437 e.